The van der Waals surface area contributed by atoms with Crippen LogP contribution in [0.25, 0.3) is 0 Å². The summed E-state index contributed by atoms with van der Waals surface area (Å²) in [6.45, 7) is 1.98. The Morgan fingerprint density at radius 2 is 1.40 bits per heavy atom. The first kappa shape index (κ1) is 37.4. The summed E-state index contributed by atoms with van der Waals surface area (Å²) in [5.41, 5.74) is 1.48. The summed E-state index contributed by atoms with van der Waals surface area (Å²) in [4.78, 5) is 30.6. The first-order valence-electron chi connectivity index (χ1n) is 17.2. The summed E-state index contributed by atoms with van der Waals surface area (Å²) in [5, 5.41) is 14.5. The molecular formula is C41H43N3O9. The summed E-state index contributed by atoms with van der Waals surface area (Å²) in [5.74, 6) is 1.07. The lowest BCUT2D eigenvalue weighted by atomic mass is 9.80. The van der Waals surface area contributed by atoms with Gasteiger partial charge in [0.2, 0.25) is 0 Å². The highest BCUT2D eigenvalue weighted by Gasteiger charge is 2.48. The van der Waals surface area contributed by atoms with Gasteiger partial charge >= 0.3 is 5.69 Å². The monoisotopic (exact) mass is 721 g/mol. The molecule has 0 spiro atoms. The summed E-state index contributed by atoms with van der Waals surface area (Å²) in [6.07, 6.45) is -2.71. The number of hydrogen-bond acceptors (Lipinski definition) is 10. The van der Waals surface area contributed by atoms with Crippen LogP contribution in [0.4, 0.5) is 5.82 Å². The van der Waals surface area contributed by atoms with Crippen molar-refractivity contribution < 1.29 is 38.3 Å². The second-order valence-corrected chi connectivity index (χ2v) is 12.5. The van der Waals surface area contributed by atoms with Gasteiger partial charge in [-0.25, -0.2) is 4.79 Å². The predicted octanol–water partition coefficient (Wildman–Crippen LogP) is 5.12. The average molecular weight is 722 g/mol. The number of aliphatic hydroxyl groups excluding tert-OH is 1. The summed E-state index contributed by atoms with van der Waals surface area (Å²) in [7, 11) is 4.76. The molecule has 12 heteroatoms. The fourth-order valence-electron chi connectivity index (χ4n) is 6.45. The molecule has 12 nitrogen and oxygen atoms in total. The van der Waals surface area contributed by atoms with Gasteiger partial charge in [-0.05, 0) is 60.0 Å². The van der Waals surface area contributed by atoms with E-state index in [0.717, 1.165) is 16.7 Å². The third-order valence-electron chi connectivity index (χ3n) is 9.22. The van der Waals surface area contributed by atoms with E-state index >= 15 is 0 Å². The number of carbonyl (C=O) groups is 1. The zero-order valence-corrected chi connectivity index (χ0v) is 30.0. The Balaban J connectivity index is 1.35. The average Bonchev–Trinajstić information content (AvgIpc) is 3.51. The van der Waals surface area contributed by atoms with Crippen molar-refractivity contribution in [1.82, 2.24) is 9.55 Å². The van der Waals surface area contributed by atoms with Crippen LogP contribution in [0.1, 0.15) is 38.8 Å². The molecule has 4 aromatic carbocycles. The van der Waals surface area contributed by atoms with Crippen molar-refractivity contribution in [2.75, 3.05) is 46.5 Å². The molecule has 5 aromatic rings. The minimum Gasteiger partial charge on any atom is -0.497 e. The maximum atomic E-state index is 13.6. The van der Waals surface area contributed by atoms with Crippen LogP contribution in [-0.4, -0.2) is 80.0 Å². The molecule has 53 heavy (non-hydrogen) atoms. The highest BCUT2D eigenvalue weighted by atomic mass is 16.6. The molecule has 0 bridgehead atoms. The van der Waals surface area contributed by atoms with Gasteiger partial charge in [0.05, 0.1) is 34.0 Å². The number of hydrogen-bond donors (Lipinski definition) is 2. The lowest BCUT2D eigenvalue weighted by Crippen LogP contribution is -2.41. The number of aromatic nitrogens is 2. The number of benzene rings is 4. The van der Waals surface area contributed by atoms with Gasteiger partial charge < -0.3 is 38.8 Å². The number of methoxy groups -OCH3 is 3. The van der Waals surface area contributed by atoms with E-state index < -0.39 is 41.7 Å². The van der Waals surface area contributed by atoms with Crippen molar-refractivity contribution in [3.05, 3.63) is 154 Å². The van der Waals surface area contributed by atoms with E-state index in [9.17, 15) is 14.7 Å². The van der Waals surface area contributed by atoms with Gasteiger partial charge in [-0.3, -0.25) is 9.36 Å². The zero-order chi connectivity index (χ0) is 37.4. The predicted molar refractivity (Wildman–Crippen MR) is 197 cm³/mol. The molecule has 4 atom stereocenters. The smallest absolute Gasteiger partial charge is 0.351 e. The number of carbonyl (C=O) groups excluding carboxylic acids is 1. The van der Waals surface area contributed by atoms with Crippen molar-refractivity contribution in [3.63, 3.8) is 0 Å². The molecule has 0 radical (unpaired) electrons. The first-order chi connectivity index (χ1) is 25.8. The van der Waals surface area contributed by atoms with Crippen LogP contribution in [0, 0.1) is 6.92 Å². The van der Waals surface area contributed by atoms with Crippen LogP contribution in [-0.2, 0) is 24.5 Å². The Morgan fingerprint density at radius 3 is 1.96 bits per heavy atom. The second-order valence-electron chi connectivity index (χ2n) is 12.5. The quantitative estimate of drug-likeness (QED) is 0.111. The molecular weight excluding hydrogens is 678 g/mol. The fourth-order valence-corrected chi connectivity index (χ4v) is 6.45. The molecule has 6 rings (SSSR count). The van der Waals surface area contributed by atoms with E-state index in [1.54, 1.807) is 58.6 Å². The summed E-state index contributed by atoms with van der Waals surface area (Å²) < 4.78 is 37.0. The Morgan fingerprint density at radius 1 is 0.830 bits per heavy atom. The van der Waals surface area contributed by atoms with Crippen molar-refractivity contribution >= 4 is 11.7 Å². The van der Waals surface area contributed by atoms with Gasteiger partial charge in [0, 0.05) is 24.4 Å². The van der Waals surface area contributed by atoms with Crippen molar-refractivity contribution in [1.29, 1.82) is 0 Å². The Kier molecular flexibility index (Phi) is 12.0. The van der Waals surface area contributed by atoms with Crippen molar-refractivity contribution in [2.45, 2.75) is 37.1 Å². The number of nitrogens with zero attached hydrogens (tertiary/aromatic N) is 2. The van der Waals surface area contributed by atoms with Gasteiger partial charge in [0.15, 0.2) is 6.23 Å². The van der Waals surface area contributed by atoms with E-state index in [1.165, 1.54) is 10.8 Å². The largest absolute Gasteiger partial charge is 0.497 e. The van der Waals surface area contributed by atoms with Crippen LogP contribution in [0.3, 0.4) is 0 Å². The standard InChI is InChI=1S/C41H43N3O9/c1-27-25-44(40(47)43-37(27)42-38(46)28-11-7-5-8-12-28)39-36(51-24-23-48-2)35(45)34(53-39)26-52-41(29-13-9-6-10-14-29,30-15-19-32(49-3)20-16-30)31-17-21-33(50-4)22-18-31/h5-22,25,34-36,39,45H,23-24,26H2,1-4H3,(H,42,43,46,47)/t34-,35+,36+,39-/m1/s1. The topological polar surface area (TPSA) is 140 Å². The highest BCUT2D eigenvalue weighted by molar-refractivity contribution is 6.04. The van der Waals surface area contributed by atoms with Gasteiger partial charge in [-0.15, -0.1) is 0 Å². The number of aryl methyl sites for hydroxylation is 1. The van der Waals surface area contributed by atoms with E-state index in [2.05, 4.69) is 10.3 Å². The SMILES string of the molecule is COCCO[C@H]1[C@@H](O)[C@@H](COC(c2ccccc2)(c2ccc(OC)cc2)c2ccc(OC)cc2)O[C@H]1n1cc(C)c(NC(=O)c2ccccc2)nc1=O. The number of aliphatic hydroxyl groups is 1. The maximum absolute atomic E-state index is 13.6. The molecule has 0 unspecified atom stereocenters. The zero-order valence-electron chi connectivity index (χ0n) is 30.0. The van der Waals surface area contributed by atoms with Crippen LogP contribution >= 0.6 is 0 Å². The molecule has 1 amide bonds. The van der Waals surface area contributed by atoms with Gasteiger partial charge in [0.25, 0.3) is 5.91 Å². The Labute approximate surface area is 307 Å². The number of amides is 1. The summed E-state index contributed by atoms with van der Waals surface area (Å²) in [6, 6.07) is 33.6. The van der Waals surface area contributed by atoms with Crippen LogP contribution < -0.4 is 20.5 Å². The highest BCUT2D eigenvalue weighted by Crippen LogP contribution is 2.43. The first-order valence-corrected chi connectivity index (χ1v) is 17.2. The Hall–Kier alpha value is -5.37. The van der Waals surface area contributed by atoms with E-state index in [1.807, 2.05) is 78.9 Å². The van der Waals surface area contributed by atoms with E-state index in [-0.39, 0.29) is 25.6 Å². The molecule has 1 fully saturated rings. The lowest BCUT2D eigenvalue weighted by Gasteiger charge is -2.37. The third kappa shape index (κ3) is 8.02. The lowest BCUT2D eigenvalue weighted by molar-refractivity contribution is -0.0994. The number of anilines is 1. The minimum absolute atomic E-state index is 0.110. The van der Waals surface area contributed by atoms with Crippen molar-refractivity contribution in [2.24, 2.45) is 0 Å². The number of nitrogens with one attached hydrogen (secondary N) is 1. The third-order valence-corrected chi connectivity index (χ3v) is 9.22. The normalized spacial score (nSPS) is 18.4. The Bertz CT molecular complexity index is 1960. The summed E-state index contributed by atoms with van der Waals surface area (Å²) >= 11 is 0. The van der Waals surface area contributed by atoms with Crippen LogP contribution in [0.5, 0.6) is 11.5 Å². The van der Waals surface area contributed by atoms with E-state index in [0.29, 0.717) is 22.6 Å². The molecule has 1 aliphatic heterocycles. The minimum atomic E-state index is -1.22. The molecule has 2 heterocycles. The van der Waals surface area contributed by atoms with Crippen molar-refractivity contribution in [3.8, 4) is 11.5 Å². The molecule has 0 saturated carbocycles. The molecule has 1 aromatic heterocycles. The number of ether oxygens (including phenoxy) is 6. The van der Waals surface area contributed by atoms with Gasteiger partial charge in [-0.1, -0.05) is 72.8 Å². The van der Waals surface area contributed by atoms with Gasteiger partial charge in [-0.2, -0.15) is 4.98 Å². The number of rotatable bonds is 15. The second kappa shape index (κ2) is 17.0. The maximum Gasteiger partial charge on any atom is 0.351 e. The van der Waals surface area contributed by atoms with Gasteiger partial charge in [0.1, 0.15) is 41.2 Å². The van der Waals surface area contributed by atoms with E-state index in [4.69, 9.17) is 28.4 Å². The fraction of sp³-hybridized carbons (Fsp3) is 0.293. The molecule has 0 aliphatic carbocycles. The molecule has 1 aliphatic rings. The van der Waals surface area contributed by atoms with Crippen LogP contribution in [0.15, 0.2) is 120 Å². The van der Waals surface area contributed by atoms with Crippen LogP contribution in [0.2, 0.25) is 0 Å². The molecule has 1 saturated heterocycles. The molecule has 2 N–H and O–H groups in total. The molecule has 276 valence electrons.